The van der Waals surface area contributed by atoms with Crippen LogP contribution in [-0.2, 0) is 0 Å². The Hall–Kier alpha value is -2.80. The number of pyridine rings is 1. The largest absolute Gasteiger partial charge is 0.345 e. The molecule has 7 heteroatoms. The molecule has 0 spiro atoms. The Labute approximate surface area is 151 Å². The maximum atomic E-state index is 13.0. The molecule has 1 saturated heterocycles. The van der Waals surface area contributed by atoms with Crippen molar-refractivity contribution in [2.75, 3.05) is 39.3 Å². The van der Waals surface area contributed by atoms with Crippen molar-refractivity contribution < 1.29 is 18.9 Å². The van der Waals surface area contributed by atoms with Crippen molar-refractivity contribution in [3.8, 4) is 0 Å². The summed E-state index contributed by atoms with van der Waals surface area (Å²) in [6, 6.07) is 10.9. The minimum atomic E-state index is -0.344. The monoisotopic (exact) mass is 357 g/mol. The molecule has 0 aliphatic carbocycles. The van der Waals surface area contributed by atoms with Gasteiger partial charge in [0, 0.05) is 11.8 Å². The van der Waals surface area contributed by atoms with Crippen molar-refractivity contribution >= 4 is 11.8 Å². The van der Waals surface area contributed by atoms with Gasteiger partial charge in [0.1, 0.15) is 11.5 Å². The summed E-state index contributed by atoms with van der Waals surface area (Å²) in [5.41, 5.74) is 0.926. The summed E-state index contributed by atoms with van der Waals surface area (Å²) in [7, 11) is 0. The van der Waals surface area contributed by atoms with Gasteiger partial charge in [-0.1, -0.05) is 6.07 Å². The number of carbonyl (C=O) groups excluding carboxylic acids is 2. The van der Waals surface area contributed by atoms with Crippen LogP contribution in [0.2, 0.25) is 0 Å². The zero-order valence-electron chi connectivity index (χ0n) is 14.5. The molecule has 0 atom stereocenters. The van der Waals surface area contributed by atoms with Gasteiger partial charge in [-0.05, 0) is 36.4 Å². The second-order valence-electron chi connectivity index (χ2n) is 6.27. The molecule has 0 unspecified atom stereocenters. The lowest BCUT2D eigenvalue weighted by Gasteiger charge is -2.32. The topological polar surface area (TPSA) is 66.7 Å². The van der Waals surface area contributed by atoms with E-state index in [2.05, 4.69) is 10.3 Å². The van der Waals surface area contributed by atoms with Gasteiger partial charge in [0.25, 0.3) is 11.8 Å². The van der Waals surface area contributed by atoms with Gasteiger partial charge >= 0.3 is 0 Å². The number of quaternary nitrogens is 1. The fourth-order valence-corrected chi connectivity index (χ4v) is 2.99. The van der Waals surface area contributed by atoms with Crippen LogP contribution < -0.4 is 10.2 Å². The molecule has 2 amide bonds. The van der Waals surface area contributed by atoms with E-state index in [9.17, 15) is 14.0 Å². The third kappa shape index (κ3) is 4.64. The first-order chi connectivity index (χ1) is 12.6. The molecule has 1 aromatic heterocycles. The number of halogens is 1. The SMILES string of the molecule is O=C(NCC[NH+]1CCN(C(=O)c2ccc(F)cc2)CC1)c1ccccn1. The lowest BCUT2D eigenvalue weighted by atomic mass is 10.2. The quantitative estimate of drug-likeness (QED) is 0.791. The Morgan fingerprint density at radius 2 is 1.85 bits per heavy atom. The van der Waals surface area contributed by atoms with Crippen molar-refractivity contribution in [1.29, 1.82) is 0 Å². The molecule has 2 N–H and O–H groups in total. The highest BCUT2D eigenvalue weighted by atomic mass is 19.1. The molecule has 136 valence electrons. The van der Waals surface area contributed by atoms with Crippen molar-refractivity contribution in [2.45, 2.75) is 0 Å². The zero-order valence-corrected chi connectivity index (χ0v) is 14.5. The smallest absolute Gasteiger partial charge is 0.270 e. The average molecular weight is 357 g/mol. The summed E-state index contributed by atoms with van der Waals surface area (Å²) in [5, 5.41) is 2.87. The lowest BCUT2D eigenvalue weighted by Crippen LogP contribution is -3.15. The van der Waals surface area contributed by atoms with Crippen LogP contribution in [0.4, 0.5) is 4.39 Å². The molecule has 0 bridgehead atoms. The predicted molar refractivity (Wildman–Crippen MR) is 94.4 cm³/mol. The molecule has 1 aliphatic rings. The van der Waals surface area contributed by atoms with Gasteiger partial charge in [0.05, 0.1) is 39.3 Å². The highest BCUT2D eigenvalue weighted by Crippen LogP contribution is 2.07. The molecule has 1 aliphatic heterocycles. The van der Waals surface area contributed by atoms with Crippen molar-refractivity contribution in [3.63, 3.8) is 0 Å². The Balaban J connectivity index is 1.40. The van der Waals surface area contributed by atoms with Crippen LogP contribution in [0.15, 0.2) is 48.7 Å². The Morgan fingerprint density at radius 1 is 1.12 bits per heavy atom. The first-order valence-corrected chi connectivity index (χ1v) is 8.71. The first kappa shape index (κ1) is 18.0. The van der Waals surface area contributed by atoms with E-state index in [1.807, 2.05) is 0 Å². The molecular weight excluding hydrogens is 335 g/mol. The highest BCUT2D eigenvalue weighted by Gasteiger charge is 2.24. The summed E-state index contributed by atoms with van der Waals surface area (Å²) in [6.45, 7) is 4.33. The van der Waals surface area contributed by atoms with Gasteiger partial charge in [-0.15, -0.1) is 0 Å². The molecule has 2 aromatic rings. The maximum absolute atomic E-state index is 13.0. The Morgan fingerprint density at radius 3 is 2.50 bits per heavy atom. The lowest BCUT2D eigenvalue weighted by molar-refractivity contribution is -0.902. The van der Waals surface area contributed by atoms with Crippen LogP contribution in [0.3, 0.4) is 0 Å². The minimum Gasteiger partial charge on any atom is -0.345 e. The second kappa shape index (κ2) is 8.53. The number of benzene rings is 1. The first-order valence-electron chi connectivity index (χ1n) is 8.71. The molecule has 26 heavy (non-hydrogen) atoms. The van der Waals surface area contributed by atoms with E-state index in [1.54, 1.807) is 29.3 Å². The van der Waals surface area contributed by atoms with Gasteiger partial charge in [0.15, 0.2) is 0 Å². The number of hydrogen-bond donors (Lipinski definition) is 2. The number of nitrogens with zero attached hydrogens (tertiary/aromatic N) is 2. The van der Waals surface area contributed by atoms with Gasteiger partial charge in [-0.2, -0.15) is 0 Å². The van der Waals surface area contributed by atoms with E-state index in [0.29, 0.717) is 30.9 Å². The van der Waals surface area contributed by atoms with E-state index in [1.165, 1.54) is 29.2 Å². The summed E-state index contributed by atoms with van der Waals surface area (Å²) in [6.07, 6.45) is 1.59. The number of rotatable bonds is 5. The summed E-state index contributed by atoms with van der Waals surface area (Å²) in [5.74, 6) is -0.578. The van der Waals surface area contributed by atoms with E-state index in [0.717, 1.165) is 19.6 Å². The Kier molecular flexibility index (Phi) is 5.91. The maximum Gasteiger partial charge on any atom is 0.270 e. The molecule has 6 nitrogen and oxygen atoms in total. The highest BCUT2D eigenvalue weighted by molar-refractivity contribution is 5.94. The van der Waals surface area contributed by atoms with Gasteiger partial charge in [-0.3, -0.25) is 14.6 Å². The molecule has 1 aromatic carbocycles. The molecule has 2 heterocycles. The number of amides is 2. The fraction of sp³-hybridized carbons (Fsp3) is 0.316. The number of hydrogen-bond acceptors (Lipinski definition) is 3. The number of aromatic nitrogens is 1. The predicted octanol–water partition coefficient (Wildman–Crippen LogP) is -0.00860. The second-order valence-corrected chi connectivity index (χ2v) is 6.27. The van der Waals surface area contributed by atoms with Crippen LogP contribution in [0.25, 0.3) is 0 Å². The molecule has 1 fully saturated rings. The third-order valence-electron chi connectivity index (χ3n) is 4.51. The van der Waals surface area contributed by atoms with Crippen LogP contribution >= 0.6 is 0 Å². The molecular formula is C19H22FN4O2+. The molecule has 0 saturated carbocycles. The van der Waals surface area contributed by atoms with Crippen molar-refractivity contribution in [3.05, 3.63) is 65.7 Å². The van der Waals surface area contributed by atoms with E-state index in [-0.39, 0.29) is 17.6 Å². The minimum absolute atomic E-state index is 0.0625. The number of piperazine rings is 1. The fourth-order valence-electron chi connectivity index (χ4n) is 2.99. The average Bonchev–Trinajstić information content (AvgIpc) is 2.69. The van der Waals surface area contributed by atoms with Crippen molar-refractivity contribution in [2.24, 2.45) is 0 Å². The standard InChI is InChI=1S/C19H21FN4O2/c20-16-6-4-15(5-7-16)19(26)24-13-11-23(12-14-24)10-9-22-18(25)17-3-1-2-8-21-17/h1-8H,9-14H2,(H,22,25)/p+1. The normalized spacial score (nSPS) is 14.9. The Bertz CT molecular complexity index is 744. The van der Waals surface area contributed by atoms with Crippen molar-refractivity contribution in [1.82, 2.24) is 15.2 Å². The van der Waals surface area contributed by atoms with E-state index < -0.39 is 0 Å². The summed E-state index contributed by atoms with van der Waals surface area (Å²) in [4.78, 5) is 31.5. The third-order valence-corrected chi connectivity index (χ3v) is 4.51. The summed E-state index contributed by atoms with van der Waals surface area (Å²) >= 11 is 0. The number of nitrogens with one attached hydrogen (secondary N) is 2. The summed E-state index contributed by atoms with van der Waals surface area (Å²) < 4.78 is 13.0. The molecule has 3 rings (SSSR count). The van der Waals surface area contributed by atoms with E-state index in [4.69, 9.17) is 0 Å². The van der Waals surface area contributed by atoms with Gasteiger partial charge in [0.2, 0.25) is 0 Å². The molecule has 0 radical (unpaired) electrons. The van der Waals surface area contributed by atoms with Gasteiger partial charge in [-0.25, -0.2) is 4.39 Å². The van der Waals surface area contributed by atoms with Crippen LogP contribution in [0.5, 0.6) is 0 Å². The number of carbonyl (C=O) groups is 2. The van der Waals surface area contributed by atoms with Gasteiger partial charge < -0.3 is 15.1 Å². The zero-order chi connectivity index (χ0) is 18.4. The van der Waals surface area contributed by atoms with Crippen LogP contribution in [0.1, 0.15) is 20.8 Å². The van der Waals surface area contributed by atoms with Crippen LogP contribution in [-0.4, -0.2) is 61.0 Å². The van der Waals surface area contributed by atoms with Crippen LogP contribution in [0, 0.1) is 5.82 Å². The van der Waals surface area contributed by atoms with E-state index >= 15 is 0 Å².